The van der Waals surface area contributed by atoms with Gasteiger partial charge in [-0.05, 0) is 84.8 Å². The zero-order chi connectivity index (χ0) is 35.1. The number of fused-ring (bicyclic) bond motifs is 3. The van der Waals surface area contributed by atoms with Crippen molar-refractivity contribution < 1.29 is 14.5 Å². The van der Waals surface area contributed by atoms with Crippen LogP contribution in [0.5, 0.6) is 0 Å². The van der Waals surface area contributed by atoms with E-state index >= 15 is 0 Å². The van der Waals surface area contributed by atoms with Gasteiger partial charge in [0, 0.05) is 46.8 Å². The standard InChI is InChI=1S/C43H48N2O4/c1-6-8-10-12-24-43(25-13-11-9-7-2)38-27-32(41(46)31-16-20-34(21-17-31)45(48)49)18-22-35(38)36-23-19-33(28-39(36)43)42(47)40(44-5)37-26-29(3)14-15-30(37)4/h14-23,26-28H,6-13,24-25H2,1-5H3/b44-40-. The Kier molecular flexibility index (Phi) is 11.4. The molecule has 0 aromatic heterocycles. The highest BCUT2D eigenvalue weighted by molar-refractivity contribution is 6.51. The second kappa shape index (κ2) is 15.7. The molecule has 4 aromatic rings. The summed E-state index contributed by atoms with van der Waals surface area (Å²) < 4.78 is 0. The minimum atomic E-state index is -0.456. The summed E-state index contributed by atoms with van der Waals surface area (Å²) in [6, 6.07) is 24.1. The molecule has 0 saturated carbocycles. The predicted octanol–water partition coefficient (Wildman–Crippen LogP) is 11.0. The smallest absolute Gasteiger partial charge is 0.269 e. The molecule has 4 aromatic carbocycles. The minimum absolute atomic E-state index is 0.0432. The van der Waals surface area contributed by atoms with E-state index < -0.39 is 4.92 Å². The fraction of sp³-hybridized carbons (Fsp3) is 0.372. The van der Waals surface area contributed by atoms with Crippen LogP contribution in [0.15, 0.2) is 83.9 Å². The Hall–Kier alpha value is -4.71. The summed E-state index contributed by atoms with van der Waals surface area (Å²) in [6.45, 7) is 8.48. The fourth-order valence-electron chi connectivity index (χ4n) is 7.52. The molecule has 254 valence electrons. The van der Waals surface area contributed by atoms with Crippen LogP contribution in [0.1, 0.15) is 132 Å². The van der Waals surface area contributed by atoms with Crippen molar-refractivity contribution in [3.8, 4) is 11.1 Å². The average molecular weight is 657 g/mol. The zero-order valence-electron chi connectivity index (χ0n) is 29.6. The first kappa shape index (κ1) is 35.6. The van der Waals surface area contributed by atoms with Crippen LogP contribution in [0.4, 0.5) is 5.69 Å². The number of non-ortho nitro benzene ring substituents is 1. The van der Waals surface area contributed by atoms with Crippen molar-refractivity contribution in [3.63, 3.8) is 0 Å². The predicted molar refractivity (Wildman–Crippen MR) is 199 cm³/mol. The number of carbonyl (C=O) groups is 2. The Morgan fingerprint density at radius 3 is 1.80 bits per heavy atom. The first-order chi connectivity index (χ1) is 23.6. The Morgan fingerprint density at radius 2 is 1.24 bits per heavy atom. The molecule has 0 unspecified atom stereocenters. The molecule has 0 amide bonds. The summed E-state index contributed by atoms with van der Waals surface area (Å²) in [5.41, 5.74) is 9.17. The lowest BCUT2D eigenvalue weighted by atomic mass is 9.70. The third-order valence-electron chi connectivity index (χ3n) is 10.2. The van der Waals surface area contributed by atoms with E-state index in [1.165, 1.54) is 24.3 Å². The quantitative estimate of drug-likeness (QED) is 0.0394. The molecule has 1 aliphatic carbocycles. The second-order valence-electron chi connectivity index (χ2n) is 13.6. The van der Waals surface area contributed by atoms with Gasteiger partial charge in [0.25, 0.3) is 5.69 Å². The van der Waals surface area contributed by atoms with Crippen molar-refractivity contribution >= 4 is 23.0 Å². The molecule has 0 atom stereocenters. The maximum absolute atomic E-state index is 14.3. The van der Waals surface area contributed by atoms with Gasteiger partial charge in [0.1, 0.15) is 5.71 Å². The highest BCUT2D eigenvalue weighted by atomic mass is 16.6. The average Bonchev–Trinajstić information content (AvgIpc) is 3.38. The summed E-state index contributed by atoms with van der Waals surface area (Å²) in [5.74, 6) is -0.248. The van der Waals surface area contributed by atoms with Gasteiger partial charge in [-0.15, -0.1) is 0 Å². The number of carbonyl (C=O) groups excluding carboxylic acids is 2. The van der Waals surface area contributed by atoms with Gasteiger partial charge in [0.15, 0.2) is 5.78 Å². The molecule has 5 rings (SSSR count). The van der Waals surface area contributed by atoms with Crippen LogP contribution in [-0.4, -0.2) is 29.2 Å². The van der Waals surface area contributed by atoms with Gasteiger partial charge in [-0.3, -0.25) is 24.7 Å². The first-order valence-electron chi connectivity index (χ1n) is 17.8. The van der Waals surface area contributed by atoms with E-state index in [4.69, 9.17) is 0 Å². The zero-order valence-corrected chi connectivity index (χ0v) is 29.6. The Bertz CT molecular complexity index is 1870. The number of aliphatic imine (C=N–C) groups is 1. The van der Waals surface area contributed by atoms with Crippen molar-refractivity contribution in [1.82, 2.24) is 0 Å². The highest BCUT2D eigenvalue weighted by Crippen LogP contribution is 2.55. The van der Waals surface area contributed by atoms with Crippen LogP contribution < -0.4 is 0 Å². The fourth-order valence-corrected chi connectivity index (χ4v) is 7.52. The Morgan fingerprint density at radius 1 is 0.694 bits per heavy atom. The van der Waals surface area contributed by atoms with Crippen LogP contribution >= 0.6 is 0 Å². The number of hydrogen-bond acceptors (Lipinski definition) is 5. The van der Waals surface area contributed by atoms with Gasteiger partial charge >= 0.3 is 0 Å². The van der Waals surface area contributed by atoms with Crippen LogP contribution in [0.3, 0.4) is 0 Å². The normalized spacial score (nSPS) is 13.2. The number of hydrogen-bond donors (Lipinski definition) is 0. The van der Waals surface area contributed by atoms with E-state index in [0.29, 0.717) is 22.4 Å². The van der Waals surface area contributed by atoms with Crippen molar-refractivity contribution in [2.75, 3.05) is 7.05 Å². The molecule has 0 saturated heterocycles. The van der Waals surface area contributed by atoms with E-state index in [1.807, 2.05) is 38.1 Å². The number of rotatable bonds is 16. The molecule has 0 aliphatic heterocycles. The summed E-state index contributed by atoms with van der Waals surface area (Å²) in [5, 5.41) is 11.2. The third kappa shape index (κ3) is 7.34. The van der Waals surface area contributed by atoms with Gasteiger partial charge in [-0.1, -0.05) is 107 Å². The maximum Gasteiger partial charge on any atom is 0.269 e. The van der Waals surface area contributed by atoms with E-state index in [2.05, 4.69) is 49.2 Å². The Labute approximate surface area is 290 Å². The second-order valence-corrected chi connectivity index (χ2v) is 13.6. The van der Waals surface area contributed by atoms with E-state index in [0.717, 1.165) is 103 Å². The van der Waals surface area contributed by atoms with Gasteiger partial charge in [-0.25, -0.2) is 0 Å². The highest BCUT2D eigenvalue weighted by Gasteiger charge is 2.43. The topological polar surface area (TPSA) is 89.6 Å². The molecular formula is C43H48N2O4. The van der Waals surface area contributed by atoms with Gasteiger partial charge in [0.05, 0.1) is 4.92 Å². The van der Waals surface area contributed by atoms with E-state index in [1.54, 1.807) is 7.05 Å². The van der Waals surface area contributed by atoms with Crippen molar-refractivity contribution in [3.05, 3.63) is 133 Å². The lowest BCUT2D eigenvalue weighted by Crippen LogP contribution is -2.27. The molecule has 0 spiro atoms. The summed E-state index contributed by atoms with van der Waals surface area (Å²) in [6.07, 6.45) is 10.8. The molecule has 0 N–H and O–H groups in total. The lowest BCUT2D eigenvalue weighted by Gasteiger charge is -2.33. The van der Waals surface area contributed by atoms with E-state index in [-0.39, 0.29) is 22.7 Å². The number of nitro groups is 1. The number of ketones is 2. The van der Waals surface area contributed by atoms with Crippen LogP contribution in [0, 0.1) is 24.0 Å². The Balaban J connectivity index is 1.63. The number of unbranched alkanes of at least 4 members (excludes halogenated alkanes) is 6. The number of Topliss-reactive ketones (excluding diaryl/α,β-unsaturated/α-hetero) is 1. The van der Waals surface area contributed by atoms with Crippen LogP contribution in [0.25, 0.3) is 11.1 Å². The van der Waals surface area contributed by atoms with Crippen molar-refractivity contribution in [2.45, 2.75) is 97.3 Å². The van der Waals surface area contributed by atoms with Gasteiger partial charge < -0.3 is 0 Å². The van der Waals surface area contributed by atoms with Gasteiger partial charge in [-0.2, -0.15) is 0 Å². The molecule has 6 heteroatoms. The molecule has 0 radical (unpaired) electrons. The minimum Gasteiger partial charge on any atom is -0.289 e. The maximum atomic E-state index is 14.3. The van der Waals surface area contributed by atoms with Crippen molar-refractivity contribution in [2.24, 2.45) is 4.99 Å². The molecule has 0 heterocycles. The van der Waals surface area contributed by atoms with Crippen LogP contribution in [-0.2, 0) is 5.41 Å². The van der Waals surface area contributed by atoms with Crippen molar-refractivity contribution in [1.29, 1.82) is 0 Å². The third-order valence-corrected chi connectivity index (χ3v) is 10.2. The van der Waals surface area contributed by atoms with Gasteiger partial charge in [0.2, 0.25) is 5.78 Å². The number of nitrogens with zero attached hydrogens (tertiary/aromatic N) is 2. The molecule has 6 nitrogen and oxygen atoms in total. The molecule has 1 aliphatic rings. The summed E-state index contributed by atoms with van der Waals surface area (Å²) in [4.78, 5) is 43.4. The first-order valence-corrected chi connectivity index (χ1v) is 17.8. The molecular weight excluding hydrogens is 608 g/mol. The number of aryl methyl sites for hydroxylation is 2. The monoisotopic (exact) mass is 656 g/mol. The largest absolute Gasteiger partial charge is 0.289 e. The SMILES string of the molecule is CCCCCCC1(CCCCCC)c2cc(C(=O)/C(=N\C)c3cc(C)ccc3C)ccc2-c2ccc(C(=O)c3ccc([N+](=O)[O-])cc3)cc21. The van der Waals surface area contributed by atoms with E-state index in [9.17, 15) is 19.7 Å². The van der Waals surface area contributed by atoms with Crippen LogP contribution in [0.2, 0.25) is 0 Å². The summed E-state index contributed by atoms with van der Waals surface area (Å²) in [7, 11) is 1.69. The molecule has 0 fully saturated rings. The number of benzene rings is 4. The lowest BCUT2D eigenvalue weighted by molar-refractivity contribution is -0.384. The summed E-state index contributed by atoms with van der Waals surface area (Å²) >= 11 is 0. The number of nitro benzene ring substituents is 1. The molecule has 0 bridgehead atoms. The molecule has 49 heavy (non-hydrogen) atoms.